The van der Waals surface area contributed by atoms with Gasteiger partial charge in [-0.25, -0.2) is 4.79 Å². The summed E-state index contributed by atoms with van der Waals surface area (Å²) in [5.41, 5.74) is 7.45. The second-order valence-corrected chi connectivity index (χ2v) is 5.22. The molecule has 5 heteroatoms. The summed E-state index contributed by atoms with van der Waals surface area (Å²) in [6.07, 6.45) is 5.25. The molecule has 0 saturated heterocycles. The number of carbonyl (C=O) groups excluding carboxylic acids is 1. The highest BCUT2D eigenvalue weighted by Crippen LogP contribution is 2.10. The van der Waals surface area contributed by atoms with Crippen LogP contribution in [0.5, 0.6) is 0 Å². The Kier molecular flexibility index (Phi) is 8.31. The Balaban J connectivity index is 4.84. The molecule has 1 amide bonds. The Labute approximate surface area is 126 Å². The summed E-state index contributed by atoms with van der Waals surface area (Å²) in [5.74, 6) is -1.41. The van der Waals surface area contributed by atoms with E-state index in [1.54, 1.807) is 13.0 Å². The molecule has 0 unspecified atom stereocenters. The van der Waals surface area contributed by atoms with Crippen LogP contribution in [-0.4, -0.2) is 40.5 Å². The molecule has 0 aromatic heterocycles. The fraction of sp³-hybridized carbons (Fsp3) is 0.500. The van der Waals surface area contributed by atoms with Crippen LogP contribution in [0.1, 0.15) is 33.6 Å². The van der Waals surface area contributed by atoms with Gasteiger partial charge in [-0.2, -0.15) is 0 Å². The lowest BCUT2D eigenvalue weighted by Gasteiger charge is -2.28. The summed E-state index contributed by atoms with van der Waals surface area (Å²) < 4.78 is 0. The van der Waals surface area contributed by atoms with Gasteiger partial charge in [0.15, 0.2) is 0 Å². The third-order valence-corrected chi connectivity index (χ3v) is 3.16. The van der Waals surface area contributed by atoms with Crippen molar-refractivity contribution in [2.45, 2.75) is 45.7 Å². The number of carboxylic acid groups (broad SMARTS) is 1. The molecule has 0 aliphatic heterocycles. The fourth-order valence-electron chi connectivity index (χ4n) is 1.74. The van der Waals surface area contributed by atoms with E-state index in [0.29, 0.717) is 0 Å². The molecule has 0 heterocycles. The number of carboxylic acids is 1. The maximum absolute atomic E-state index is 12.0. The van der Waals surface area contributed by atoms with Crippen molar-refractivity contribution in [2.75, 3.05) is 6.54 Å². The van der Waals surface area contributed by atoms with E-state index in [0.717, 1.165) is 24.0 Å². The van der Waals surface area contributed by atoms with Crippen LogP contribution in [0.15, 0.2) is 36.5 Å². The average Bonchev–Trinajstić information content (AvgIpc) is 2.42. The Morgan fingerprint density at radius 2 is 1.95 bits per heavy atom. The van der Waals surface area contributed by atoms with E-state index >= 15 is 0 Å². The number of nitrogens with two attached hydrogens (primary N) is 1. The Morgan fingerprint density at radius 3 is 2.38 bits per heavy atom. The van der Waals surface area contributed by atoms with Crippen LogP contribution in [0.4, 0.5) is 0 Å². The molecule has 0 aliphatic carbocycles. The highest BCUT2D eigenvalue weighted by Gasteiger charge is 2.27. The van der Waals surface area contributed by atoms with E-state index in [2.05, 4.69) is 13.2 Å². The smallest absolute Gasteiger partial charge is 0.326 e. The standard InChI is InChI=1S/C16H26N2O3/c1-6-11(2)8-7-9-12(3)10-18(14(5)16(20)21)15(19)13(4)17/h6,9,13-14H,1-2,7-8,10,17H2,3-5H3,(H,20,21)/t13-,14-/m0/s1. The van der Waals surface area contributed by atoms with Crippen molar-refractivity contribution in [3.63, 3.8) is 0 Å². The number of hydrogen-bond acceptors (Lipinski definition) is 3. The number of carbonyl (C=O) groups is 2. The predicted octanol–water partition coefficient (Wildman–Crippen LogP) is 2.10. The highest BCUT2D eigenvalue weighted by atomic mass is 16.4. The van der Waals surface area contributed by atoms with Gasteiger partial charge in [0.25, 0.3) is 0 Å². The maximum Gasteiger partial charge on any atom is 0.326 e. The van der Waals surface area contributed by atoms with Crippen LogP contribution < -0.4 is 5.73 Å². The maximum atomic E-state index is 12.0. The zero-order valence-corrected chi connectivity index (χ0v) is 13.1. The average molecular weight is 294 g/mol. The summed E-state index contributed by atoms with van der Waals surface area (Å²) in [6, 6.07) is -1.63. The van der Waals surface area contributed by atoms with Crippen LogP contribution in [0, 0.1) is 0 Å². The highest BCUT2D eigenvalue weighted by molar-refractivity contribution is 5.86. The van der Waals surface area contributed by atoms with Crippen molar-refractivity contribution in [3.05, 3.63) is 36.5 Å². The fourth-order valence-corrected chi connectivity index (χ4v) is 1.74. The quantitative estimate of drug-likeness (QED) is 0.504. The second-order valence-electron chi connectivity index (χ2n) is 5.22. The summed E-state index contributed by atoms with van der Waals surface area (Å²) in [7, 11) is 0. The normalized spacial score (nSPS) is 14.2. The summed E-state index contributed by atoms with van der Waals surface area (Å²) in [4.78, 5) is 24.4. The van der Waals surface area contributed by atoms with Crippen LogP contribution >= 0.6 is 0 Å². The van der Waals surface area contributed by atoms with E-state index in [1.165, 1.54) is 11.8 Å². The van der Waals surface area contributed by atoms with Crippen LogP contribution in [0.25, 0.3) is 0 Å². The first-order chi connectivity index (χ1) is 9.70. The summed E-state index contributed by atoms with van der Waals surface area (Å²) in [6.45, 7) is 12.6. The summed E-state index contributed by atoms with van der Waals surface area (Å²) >= 11 is 0. The molecule has 5 nitrogen and oxygen atoms in total. The lowest BCUT2D eigenvalue weighted by Crippen LogP contribution is -2.50. The number of amides is 1. The van der Waals surface area contributed by atoms with Gasteiger partial charge in [-0.3, -0.25) is 4.79 Å². The molecule has 0 aromatic rings. The molecule has 0 radical (unpaired) electrons. The monoisotopic (exact) mass is 294 g/mol. The molecule has 3 N–H and O–H groups in total. The van der Waals surface area contributed by atoms with Crippen molar-refractivity contribution in [1.82, 2.24) is 4.90 Å². The van der Waals surface area contributed by atoms with Crippen LogP contribution in [-0.2, 0) is 9.59 Å². The zero-order chi connectivity index (χ0) is 16.6. The predicted molar refractivity (Wildman–Crippen MR) is 84.8 cm³/mol. The van der Waals surface area contributed by atoms with Crippen molar-refractivity contribution in [3.8, 4) is 0 Å². The van der Waals surface area contributed by atoms with Crippen LogP contribution in [0.2, 0.25) is 0 Å². The second kappa shape index (κ2) is 9.13. The SMILES string of the molecule is C=CC(=C)CCC=C(C)CN(C(=O)[C@H](C)N)[C@@H](C)C(=O)O. The van der Waals surface area contributed by atoms with Gasteiger partial charge in [0.1, 0.15) is 6.04 Å². The van der Waals surface area contributed by atoms with Gasteiger partial charge in [0.05, 0.1) is 6.04 Å². The van der Waals surface area contributed by atoms with Gasteiger partial charge in [-0.15, -0.1) is 0 Å². The Hall–Kier alpha value is -1.88. The minimum atomic E-state index is -1.04. The van der Waals surface area contributed by atoms with Crippen molar-refractivity contribution < 1.29 is 14.7 Å². The van der Waals surface area contributed by atoms with Crippen molar-refractivity contribution in [1.29, 1.82) is 0 Å². The van der Waals surface area contributed by atoms with Crippen molar-refractivity contribution >= 4 is 11.9 Å². The van der Waals surface area contributed by atoms with E-state index in [-0.39, 0.29) is 12.5 Å². The molecule has 0 saturated carbocycles. The molecule has 0 fully saturated rings. The minimum Gasteiger partial charge on any atom is -0.480 e. The lowest BCUT2D eigenvalue weighted by atomic mass is 10.1. The van der Waals surface area contributed by atoms with Crippen molar-refractivity contribution in [2.24, 2.45) is 5.73 Å². The first kappa shape index (κ1) is 19.1. The van der Waals surface area contributed by atoms with Gasteiger partial charge < -0.3 is 15.7 Å². The zero-order valence-electron chi connectivity index (χ0n) is 13.1. The van der Waals surface area contributed by atoms with E-state index in [4.69, 9.17) is 10.8 Å². The number of hydrogen-bond donors (Lipinski definition) is 2. The molecule has 0 bridgehead atoms. The molecule has 0 rings (SSSR count). The number of rotatable bonds is 9. The minimum absolute atomic E-state index is 0.258. The van der Waals surface area contributed by atoms with Gasteiger partial charge in [0, 0.05) is 6.54 Å². The third kappa shape index (κ3) is 6.90. The molecule has 0 spiro atoms. The van der Waals surface area contributed by atoms with Gasteiger partial charge in [-0.1, -0.05) is 36.5 Å². The van der Waals surface area contributed by atoms with Gasteiger partial charge >= 0.3 is 5.97 Å². The number of allylic oxidation sites excluding steroid dienone is 3. The first-order valence-corrected chi connectivity index (χ1v) is 6.95. The number of aliphatic carboxylic acids is 1. The van der Waals surface area contributed by atoms with Crippen LogP contribution in [0.3, 0.4) is 0 Å². The molecule has 21 heavy (non-hydrogen) atoms. The molecular formula is C16H26N2O3. The molecule has 0 aromatic carbocycles. The molecule has 0 aliphatic rings. The first-order valence-electron chi connectivity index (χ1n) is 6.95. The largest absolute Gasteiger partial charge is 0.480 e. The third-order valence-electron chi connectivity index (χ3n) is 3.16. The Bertz CT molecular complexity index is 439. The summed E-state index contributed by atoms with van der Waals surface area (Å²) in [5, 5.41) is 9.10. The molecular weight excluding hydrogens is 268 g/mol. The van der Waals surface area contributed by atoms with E-state index < -0.39 is 18.1 Å². The van der Waals surface area contributed by atoms with Gasteiger partial charge in [-0.05, 0) is 33.6 Å². The number of nitrogens with zero attached hydrogens (tertiary/aromatic N) is 1. The van der Waals surface area contributed by atoms with E-state index in [1.807, 2.05) is 13.0 Å². The molecule has 2 atom stereocenters. The topological polar surface area (TPSA) is 83.6 Å². The van der Waals surface area contributed by atoms with Gasteiger partial charge in [0.2, 0.25) is 5.91 Å². The Morgan fingerprint density at radius 1 is 1.38 bits per heavy atom. The van der Waals surface area contributed by atoms with E-state index in [9.17, 15) is 9.59 Å². The lowest BCUT2D eigenvalue weighted by molar-refractivity contribution is -0.149. The molecule has 118 valence electrons.